The molecule has 0 bridgehead atoms. The van der Waals surface area contributed by atoms with E-state index in [1.54, 1.807) is 6.20 Å². The second kappa shape index (κ2) is 5.60. The molecule has 1 atom stereocenters. The second-order valence-electron chi connectivity index (χ2n) is 4.34. The number of hydrogen-bond donors (Lipinski definition) is 2. The molecule has 2 rings (SSSR count). The van der Waals surface area contributed by atoms with Gasteiger partial charge >= 0.3 is 0 Å². The first-order valence-corrected chi connectivity index (χ1v) is 6.00. The van der Waals surface area contributed by atoms with Crippen molar-refractivity contribution in [1.82, 2.24) is 15.3 Å². The Balaban J connectivity index is 2.23. The molecular formula is C14H18N4. The van der Waals surface area contributed by atoms with Crippen LogP contribution in [0.25, 0.3) is 0 Å². The van der Waals surface area contributed by atoms with Crippen LogP contribution in [0.4, 0.5) is 5.82 Å². The van der Waals surface area contributed by atoms with E-state index in [4.69, 9.17) is 5.73 Å². The summed E-state index contributed by atoms with van der Waals surface area (Å²) in [5.41, 5.74) is 9.13. The van der Waals surface area contributed by atoms with Crippen molar-refractivity contribution in [2.45, 2.75) is 19.4 Å². The van der Waals surface area contributed by atoms with Gasteiger partial charge in [-0.2, -0.15) is 0 Å². The fourth-order valence-corrected chi connectivity index (χ4v) is 2.06. The molecular weight excluding hydrogens is 224 g/mol. The van der Waals surface area contributed by atoms with Crippen LogP contribution in [0.5, 0.6) is 0 Å². The summed E-state index contributed by atoms with van der Waals surface area (Å²) in [6.45, 7) is 2.08. The predicted octanol–water partition coefficient (Wildman–Crippen LogP) is 1.87. The number of nitrogens with one attached hydrogen (secondary N) is 1. The van der Waals surface area contributed by atoms with Crippen LogP contribution < -0.4 is 11.1 Å². The zero-order chi connectivity index (χ0) is 13.0. The topological polar surface area (TPSA) is 63.8 Å². The summed E-state index contributed by atoms with van der Waals surface area (Å²) in [6, 6.07) is 8.11. The van der Waals surface area contributed by atoms with Gasteiger partial charge in [0.15, 0.2) is 0 Å². The number of anilines is 1. The van der Waals surface area contributed by atoms with Crippen molar-refractivity contribution < 1.29 is 0 Å². The normalized spacial score (nSPS) is 12.3. The molecule has 0 aliphatic carbocycles. The molecule has 0 fully saturated rings. The van der Waals surface area contributed by atoms with Crippen LogP contribution in [-0.2, 0) is 6.42 Å². The molecule has 0 aliphatic rings. The van der Waals surface area contributed by atoms with Gasteiger partial charge in [-0.05, 0) is 49.7 Å². The molecule has 2 heterocycles. The Labute approximate surface area is 107 Å². The maximum absolute atomic E-state index is 5.70. The number of aryl methyl sites for hydroxylation is 1. The molecule has 0 aromatic carbocycles. The van der Waals surface area contributed by atoms with Crippen molar-refractivity contribution in [2.75, 3.05) is 12.8 Å². The molecule has 2 aromatic heterocycles. The van der Waals surface area contributed by atoms with Crippen LogP contribution in [-0.4, -0.2) is 17.0 Å². The van der Waals surface area contributed by atoms with Crippen LogP contribution in [0.1, 0.15) is 22.9 Å². The Morgan fingerprint density at radius 3 is 2.78 bits per heavy atom. The van der Waals surface area contributed by atoms with Gasteiger partial charge in [-0.15, -0.1) is 0 Å². The molecule has 0 amide bonds. The lowest BCUT2D eigenvalue weighted by Crippen LogP contribution is -2.21. The van der Waals surface area contributed by atoms with Gasteiger partial charge in [0.2, 0.25) is 0 Å². The standard InChI is InChI=1S/C14H18N4/c1-10-4-3-6-18-14(10)12(16-2)8-11-5-7-17-13(15)9-11/h3-7,9,12,16H,8H2,1-2H3,(H2,15,17). The average Bonchev–Trinajstić information content (AvgIpc) is 2.37. The minimum atomic E-state index is 0.188. The van der Waals surface area contributed by atoms with E-state index in [-0.39, 0.29) is 6.04 Å². The minimum Gasteiger partial charge on any atom is -0.384 e. The Hall–Kier alpha value is -1.94. The van der Waals surface area contributed by atoms with E-state index in [2.05, 4.69) is 28.3 Å². The number of nitrogens with zero attached hydrogens (tertiary/aromatic N) is 2. The van der Waals surface area contributed by atoms with Crippen molar-refractivity contribution in [3.63, 3.8) is 0 Å². The zero-order valence-electron chi connectivity index (χ0n) is 10.7. The summed E-state index contributed by atoms with van der Waals surface area (Å²) in [7, 11) is 1.95. The van der Waals surface area contributed by atoms with Crippen LogP contribution in [0, 0.1) is 6.92 Å². The third-order valence-corrected chi connectivity index (χ3v) is 3.01. The Kier molecular flexibility index (Phi) is 3.89. The molecule has 0 spiro atoms. The number of likely N-dealkylation sites (N-methyl/N-ethyl adjacent to an activating group) is 1. The van der Waals surface area contributed by atoms with Crippen LogP contribution in [0.15, 0.2) is 36.7 Å². The number of nitrogens with two attached hydrogens (primary N) is 1. The van der Waals surface area contributed by atoms with Gasteiger partial charge in [0.25, 0.3) is 0 Å². The molecule has 2 aromatic rings. The summed E-state index contributed by atoms with van der Waals surface area (Å²) in [6.07, 6.45) is 4.41. The van der Waals surface area contributed by atoms with Crippen LogP contribution >= 0.6 is 0 Å². The first-order valence-electron chi connectivity index (χ1n) is 6.00. The van der Waals surface area contributed by atoms with E-state index in [9.17, 15) is 0 Å². The molecule has 1 unspecified atom stereocenters. The highest BCUT2D eigenvalue weighted by molar-refractivity contribution is 5.33. The maximum Gasteiger partial charge on any atom is 0.123 e. The number of hydrogen-bond acceptors (Lipinski definition) is 4. The smallest absolute Gasteiger partial charge is 0.123 e. The fourth-order valence-electron chi connectivity index (χ4n) is 2.06. The first-order chi connectivity index (χ1) is 8.70. The summed E-state index contributed by atoms with van der Waals surface area (Å²) in [5, 5.41) is 3.30. The third kappa shape index (κ3) is 2.84. The summed E-state index contributed by atoms with van der Waals surface area (Å²) in [4.78, 5) is 8.46. The molecule has 0 saturated carbocycles. The monoisotopic (exact) mass is 242 g/mol. The van der Waals surface area contributed by atoms with Crippen molar-refractivity contribution in [1.29, 1.82) is 0 Å². The van der Waals surface area contributed by atoms with Crippen LogP contribution in [0.3, 0.4) is 0 Å². The minimum absolute atomic E-state index is 0.188. The van der Waals surface area contributed by atoms with Gasteiger partial charge in [0.1, 0.15) is 5.82 Å². The number of pyridine rings is 2. The van der Waals surface area contributed by atoms with Gasteiger partial charge in [0.05, 0.1) is 11.7 Å². The summed E-state index contributed by atoms with van der Waals surface area (Å²) < 4.78 is 0. The van der Waals surface area contributed by atoms with E-state index in [0.717, 1.165) is 17.7 Å². The quantitative estimate of drug-likeness (QED) is 0.859. The van der Waals surface area contributed by atoms with Crippen molar-refractivity contribution in [3.8, 4) is 0 Å². The lowest BCUT2D eigenvalue weighted by atomic mass is 10.0. The highest BCUT2D eigenvalue weighted by Crippen LogP contribution is 2.19. The highest BCUT2D eigenvalue weighted by Gasteiger charge is 2.13. The summed E-state index contributed by atoms with van der Waals surface area (Å²) in [5.74, 6) is 0.556. The second-order valence-corrected chi connectivity index (χ2v) is 4.34. The van der Waals surface area contributed by atoms with Crippen LogP contribution in [0.2, 0.25) is 0 Å². The molecule has 4 heteroatoms. The van der Waals surface area contributed by atoms with Gasteiger partial charge in [-0.25, -0.2) is 4.98 Å². The molecule has 4 nitrogen and oxygen atoms in total. The van der Waals surface area contributed by atoms with Gasteiger partial charge < -0.3 is 11.1 Å². The van der Waals surface area contributed by atoms with Crippen molar-refractivity contribution in [2.24, 2.45) is 0 Å². The Morgan fingerprint density at radius 2 is 2.11 bits per heavy atom. The lowest BCUT2D eigenvalue weighted by Gasteiger charge is -2.17. The number of rotatable bonds is 4. The molecule has 3 N–H and O–H groups in total. The van der Waals surface area contributed by atoms with Gasteiger partial charge in [-0.3, -0.25) is 4.98 Å². The van der Waals surface area contributed by atoms with E-state index in [1.807, 2.05) is 31.4 Å². The molecule has 0 aliphatic heterocycles. The van der Waals surface area contributed by atoms with Crippen molar-refractivity contribution in [3.05, 3.63) is 53.5 Å². The van der Waals surface area contributed by atoms with E-state index in [1.165, 1.54) is 5.56 Å². The van der Waals surface area contributed by atoms with Gasteiger partial charge in [-0.1, -0.05) is 6.07 Å². The SMILES string of the molecule is CNC(Cc1ccnc(N)c1)c1ncccc1C. The number of nitrogen functional groups attached to an aromatic ring is 1. The zero-order valence-corrected chi connectivity index (χ0v) is 10.7. The summed E-state index contributed by atoms with van der Waals surface area (Å²) >= 11 is 0. The maximum atomic E-state index is 5.70. The molecule has 0 saturated heterocycles. The largest absolute Gasteiger partial charge is 0.384 e. The van der Waals surface area contributed by atoms with Crippen molar-refractivity contribution >= 4 is 5.82 Å². The third-order valence-electron chi connectivity index (χ3n) is 3.01. The van der Waals surface area contributed by atoms with E-state index in [0.29, 0.717) is 5.82 Å². The predicted molar refractivity (Wildman–Crippen MR) is 73.1 cm³/mol. The average molecular weight is 242 g/mol. The Bertz CT molecular complexity index is 525. The number of aromatic nitrogens is 2. The molecule has 94 valence electrons. The Morgan fingerprint density at radius 1 is 1.28 bits per heavy atom. The van der Waals surface area contributed by atoms with E-state index < -0.39 is 0 Å². The fraction of sp³-hybridized carbons (Fsp3) is 0.286. The first kappa shape index (κ1) is 12.5. The lowest BCUT2D eigenvalue weighted by molar-refractivity contribution is 0.572. The van der Waals surface area contributed by atoms with Gasteiger partial charge in [0, 0.05) is 12.4 Å². The van der Waals surface area contributed by atoms with E-state index >= 15 is 0 Å². The highest BCUT2D eigenvalue weighted by atomic mass is 14.9. The molecule has 0 radical (unpaired) electrons. The molecule has 18 heavy (non-hydrogen) atoms.